The molecular formula is C19H21F2N5O2. The molecule has 9 heteroatoms. The molecule has 1 aliphatic rings. The molecule has 3 heterocycles. The number of halogens is 2. The molecule has 0 radical (unpaired) electrons. The maximum Gasteiger partial charge on any atom is 0.257 e. The van der Waals surface area contributed by atoms with Gasteiger partial charge in [0.15, 0.2) is 11.6 Å². The van der Waals surface area contributed by atoms with Gasteiger partial charge in [-0.3, -0.25) is 0 Å². The van der Waals surface area contributed by atoms with Crippen molar-refractivity contribution in [2.24, 2.45) is 0 Å². The second-order valence-corrected chi connectivity index (χ2v) is 6.66. The van der Waals surface area contributed by atoms with Crippen molar-refractivity contribution in [1.82, 2.24) is 19.6 Å². The predicted molar refractivity (Wildman–Crippen MR) is 99.9 cm³/mol. The lowest BCUT2D eigenvalue weighted by atomic mass is 10.0. The lowest BCUT2D eigenvalue weighted by Crippen LogP contribution is -2.27. The van der Waals surface area contributed by atoms with Crippen LogP contribution < -0.4 is 14.4 Å². The average Bonchev–Trinajstić information content (AvgIpc) is 3.00. The summed E-state index contributed by atoms with van der Waals surface area (Å²) >= 11 is 0. The van der Waals surface area contributed by atoms with Crippen molar-refractivity contribution in [2.45, 2.75) is 25.7 Å². The standard InChI is InChI=1S/C19H21F2N5O2/c1-27-15-10-13(20)12(9-14(15)21)16-17(28-2)24-19-22-11-23-26(19)18(16)25-7-5-3-4-6-8-25/h9-11H,3-8H2,1-2H3. The Bertz CT molecular complexity index is 1000. The first-order valence-electron chi connectivity index (χ1n) is 9.20. The van der Waals surface area contributed by atoms with Gasteiger partial charge in [-0.25, -0.2) is 8.78 Å². The molecule has 0 spiro atoms. The highest BCUT2D eigenvalue weighted by molar-refractivity contribution is 5.82. The monoisotopic (exact) mass is 389 g/mol. The first kappa shape index (κ1) is 18.4. The third-order valence-electron chi connectivity index (χ3n) is 4.98. The maximum atomic E-state index is 15.0. The molecule has 1 fully saturated rings. The molecule has 0 atom stereocenters. The summed E-state index contributed by atoms with van der Waals surface area (Å²) in [5.74, 6) is -0.344. The summed E-state index contributed by atoms with van der Waals surface area (Å²) in [7, 11) is 2.74. The summed E-state index contributed by atoms with van der Waals surface area (Å²) in [6, 6.07) is 2.14. The number of aromatic nitrogens is 4. The van der Waals surface area contributed by atoms with E-state index in [1.165, 1.54) is 20.5 Å². The molecule has 7 nitrogen and oxygen atoms in total. The van der Waals surface area contributed by atoms with E-state index in [1.807, 2.05) is 0 Å². The zero-order valence-electron chi connectivity index (χ0n) is 15.8. The Morgan fingerprint density at radius 2 is 1.71 bits per heavy atom. The quantitative estimate of drug-likeness (QED) is 0.681. The summed E-state index contributed by atoms with van der Waals surface area (Å²) in [5.41, 5.74) is 0.390. The van der Waals surface area contributed by atoms with E-state index in [1.54, 1.807) is 4.52 Å². The molecule has 3 aromatic rings. The molecule has 28 heavy (non-hydrogen) atoms. The number of hydrogen-bond donors (Lipinski definition) is 0. The molecule has 1 aromatic carbocycles. The SMILES string of the molecule is COc1cc(F)c(-c2c(OC)nc3ncnn3c2N2CCCCCC2)cc1F. The highest BCUT2D eigenvalue weighted by Gasteiger charge is 2.27. The normalized spacial score (nSPS) is 14.9. The van der Waals surface area contributed by atoms with Crippen molar-refractivity contribution in [2.75, 3.05) is 32.2 Å². The van der Waals surface area contributed by atoms with Crippen molar-refractivity contribution in [1.29, 1.82) is 0 Å². The third-order valence-corrected chi connectivity index (χ3v) is 4.98. The van der Waals surface area contributed by atoms with E-state index in [9.17, 15) is 8.78 Å². The number of ether oxygens (including phenoxy) is 2. The van der Waals surface area contributed by atoms with Gasteiger partial charge >= 0.3 is 0 Å². The molecule has 0 saturated carbocycles. The van der Waals surface area contributed by atoms with Gasteiger partial charge in [0.2, 0.25) is 5.88 Å². The van der Waals surface area contributed by atoms with Crippen molar-refractivity contribution in [3.05, 3.63) is 30.1 Å². The van der Waals surface area contributed by atoms with Crippen LogP contribution in [0.1, 0.15) is 25.7 Å². The molecule has 4 rings (SSSR count). The van der Waals surface area contributed by atoms with Gasteiger partial charge in [-0.05, 0) is 18.9 Å². The van der Waals surface area contributed by atoms with E-state index >= 15 is 0 Å². The summed E-state index contributed by atoms with van der Waals surface area (Å²) in [6.07, 6.45) is 5.64. The van der Waals surface area contributed by atoms with Crippen LogP contribution >= 0.6 is 0 Å². The van der Waals surface area contributed by atoms with Crippen LogP contribution in [0.3, 0.4) is 0 Å². The fraction of sp³-hybridized carbons (Fsp3) is 0.421. The second kappa shape index (κ2) is 7.57. The molecule has 0 N–H and O–H groups in total. The van der Waals surface area contributed by atoms with E-state index in [-0.39, 0.29) is 17.2 Å². The van der Waals surface area contributed by atoms with Crippen LogP contribution in [0.4, 0.5) is 14.6 Å². The van der Waals surface area contributed by atoms with Gasteiger partial charge in [0, 0.05) is 24.7 Å². The lowest BCUT2D eigenvalue weighted by molar-refractivity contribution is 0.382. The number of rotatable bonds is 4. The number of fused-ring (bicyclic) bond motifs is 1. The Hall–Kier alpha value is -2.97. The van der Waals surface area contributed by atoms with Crippen LogP contribution in [-0.2, 0) is 0 Å². The molecule has 0 aliphatic carbocycles. The maximum absolute atomic E-state index is 15.0. The number of benzene rings is 1. The van der Waals surface area contributed by atoms with E-state index in [4.69, 9.17) is 9.47 Å². The van der Waals surface area contributed by atoms with Gasteiger partial charge in [-0.2, -0.15) is 19.6 Å². The van der Waals surface area contributed by atoms with Crippen molar-refractivity contribution in [3.8, 4) is 22.8 Å². The van der Waals surface area contributed by atoms with Gasteiger partial charge in [0.1, 0.15) is 18.0 Å². The molecule has 1 saturated heterocycles. The fourth-order valence-electron chi connectivity index (χ4n) is 3.64. The van der Waals surface area contributed by atoms with Crippen LogP contribution in [0.15, 0.2) is 18.5 Å². The minimum absolute atomic E-state index is 0.0410. The largest absolute Gasteiger partial charge is 0.494 e. The van der Waals surface area contributed by atoms with E-state index in [0.29, 0.717) is 17.2 Å². The second-order valence-electron chi connectivity index (χ2n) is 6.66. The van der Waals surface area contributed by atoms with E-state index in [0.717, 1.165) is 50.9 Å². The molecule has 0 amide bonds. The Morgan fingerprint density at radius 1 is 0.964 bits per heavy atom. The van der Waals surface area contributed by atoms with Crippen LogP contribution in [0.2, 0.25) is 0 Å². The Balaban J connectivity index is 2.01. The summed E-state index contributed by atoms with van der Waals surface area (Å²) < 4.78 is 41.3. The Labute approximate surface area is 160 Å². The summed E-state index contributed by atoms with van der Waals surface area (Å²) in [6.45, 7) is 1.55. The molecule has 1 aliphatic heterocycles. The third kappa shape index (κ3) is 3.10. The minimum atomic E-state index is -0.665. The predicted octanol–water partition coefficient (Wildman–Crippen LogP) is 3.47. The Kier molecular flexibility index (Phi) is 4.97. The summed E-state index contributed by atoms with van der Waals surface area (Å²) in [4.78, 5) is 10.6. The summed E-state index contributed by atoms with van der Waals surface area (Å²) in [5, 5.41) is 4.28. The van der Waals surface area contributed by atoms with Gasteiger partial charge in [-0.15, -0.1) is 0 Å². The van der Waals surface area contributed by atoms with Crippen molar-refractivity contribution in [3.63, 3.8) is 0 Å². The highest BCUT2D eigenvalue weighted by Crippen LogP contribution is 2.41. The van der Waals surface area contributed by atoms with E-state index < -0.39 is 11.6 Å². The average molecular weight is 389 g/mol. The van der Waals surface area contributed by atoms with Crippen LogP contribution in [0, 0.1) is 11.6 Å². The zero-order valence-corrected chi connectivity index (χ0v) is 15.8. The lowest BCUT2D eigenvalue weighted by Gasteiger charge is -2.26. The van der Waals surface area contributed by atoms with Crippen LogP contribution in [0.25, 0.3) is 16.9 Å². The smallest absolute Gasteiger partial charge is 0.257 e. The molecule has 148 valence electrons. The van der Waals surface area contributed by atoms with Crippen molar-refractivity contribution < 1.29 is 18.3 Å². The van der Waals surface area contributed by atoms with Gasteiger partial charge in [0.05, 0.1) is 19.8 Å². The van der Waals surface area contributed by atoms with E-state index in [2.05, 4.69) is 20.0 Å². The minimum Gasteiger partial charge on any atom is -0.494 e. The number of anilines is 1. The number of hydrogen-bond acceptors (Lipinski definition) is 6. The molecule has 0 unspecified atom stereocenters. The zero-order chi connectivity index (χ0) is 19.7. The first-order chi connectivity index (χ1) is 13.6. The van der Waals surface area contributed by atoms with Gasteiger partial charge < -0.3 is 14.4 Å². The topological polar surface area (TPSA) is 64.8 Å². The number of nitrogens with zero attached hydrogens (tertiary/aromatic N) is 5. The molecule has 2 aromatic heterocycles. The van der Waals surface area contributed by atoms with Gasteiger partial charge in [0.25, 0.3) is 5.78 Å². The first-order valence-corrected chi connectivity index (χ1v) is 9.20. The van der Waals surface area contributed by atoms with Crippen molar-refractivity contribution >= 4 is 11.6 Å². The number of methoxy groups -OCH3 is 2. The molecule has 0 bridgehead atoms. The Morgan fingerprint density at radius 3 is 2.39 bits per heavy atom. The van der Waals surface area contributed by atoms with Crippen LogP contribution in [0.5, 0.6) is 11.6 Å². The molecular weight excluding hydrogens is 368 g/mol. The highest BCUT2D eigenvalue weighted by atomic mass is 19.1. The van der Waals surface area contributed by atoms with Crippen LogP contribution in [-0.4, -0.2) is 46.9 Å². The van der Waals surface area contributed by atoms with Gasteiger partial charge in [-0.1, -0.05) is 12.8 Å². The fourth-order valence-corrected chi connectivity index (χ4v) is 3.64.